The van der Waals surface area contributed by atoms with Crippen molar-refractivity contribution in [3.05, 3.63) is 72.1 Å². The topological polar surface area (TPSA) is 17.8 Å². The van der Waals surface area contributed by atoms with Crippen LogP contribution in [0.5, 0.6) is 0 Å². The average molecular weight is 349 g/mol. The highest BCUT2D eigenvalue weighted by Crippen LogP contribution is 2.24. The third-order valence-corrected chi connectivity index (χ3v) is 3.80. The summed E-state index contributed by atoms with van der Waals surface area (Å²) in [5.41, 5.74) is 2.13. The number of benzene rings is 2. The molecule has 21 heavy (non-hydrogen) atoms. The van der Waals surface area contributed by atoms with E-state index >= 15 is 0 Å². The van der Waals surface area contributed by atoms with Gasteiger partial charge in [0.2, 0.25) is 0 Å². The molecule has 106 valence electrons. The van der Waals surface area contributed by atoms with Gasteiger partial charge < -0.3 is 0 Å². The standard InChI is InChI=1S/C16H11BrF2N2/c17-8-11-6-14(18)16(15(19)7-11)21-10-13(9-20-21)12-4-2-1-3-5-12/h1-7,9-10H,8H2. The van der Waals surface area contributed by atoms with Gasteiger partial charge in [0.05, 0.1) is 6.20 Å². The maximum atomic E-state index is 14.1. The van der Waals surface area contributed by atoms with Gasteiger partial charge in [0.25, 0.3) is 0 Å². The molecule has 1 aromatic heterocycles. The summed E-state index contributed by atoms with van der Waals surface area (Å²) in [5.74, 6) is -1.26. The maximum absolute atomic E-state index is 14.1. The predicted molar refractivity (Wildman–Crippen MR) is 81.5 cm³/mol. The quantitative estimate of drug-likeness (QED) is 0.626. The van der Waals surface area contributed by atoms with E-state index in [1.54, 1.807) is 12.4 Å². The van der Waals surface area contributed by atoms with Gasteiger partial charge in [-0.3, -0.25) is 0 Å². The zero-order valence-electron chi connectivity index (χ0n) is 10.9. The molecule has 0 spiro atoms. The number of hydrogen-bond donors (Lipinski definition) is 0. The summed E-state index contributed by atoms with van der Waals surface area (Å²) < 4.78 is 29.4. The first-order chi connectivity index (χ1) is 10.2. The van der Waals surface area contributed by atoms with Gasteiger partial charge in [-0.2, -0.15) is 5.10 Å². The van der Waals surface area contributed by atoms with Crippen LogP contribution < -0.4 is 0 Å². The van der Waals surface area contributed by atoms with E-state index < -0.39 is 11.6 Å². The van der Waals surface area contributed by atoms with Crippen LogP contribution in [0, 0.1) is 11.6 Å². The van der Waals surface area contributed by atoms with Crippen LogP contribution in [0.3, 0.4) is 0 Å². The third-order valence-electron chi connectivity index (χ3n) is 3.15. The molecule has 3 aromatic rings. The number of alkyl halides is 1. The van der Waals surface area contributed by atoms with Gasteiger partial charge in [-0.1, -0.05) is 46.3 Å². The molecule has 0 N–H and O–H groups in total. The second-order valence-corrected chi connectivity index (χ2v) is 5.14. The third kappa shape index (κ3) is 2.74. The first-order valence-corrected chi connectivity index (χ1v) is 7.45. The molecular weight excluding hydrogens is 338 g/mol. The van der Waals surface area contributed by atoms with Crippen molar-refractivity contribution in [2.24, 2.45) is 0 Å². The Morgan fingerprint density at radius 2 is 1.67 bits per heavy atom. The highest BCUT2D eigenvalue weighted by Gasteiger charge is 2.14. The van der Waals surface area contributed by atoms with E-state index in [0.717, 1.165) is 11.1 Å². The summed E-state index contributed by atoms with van der Waals surface area (Å²) in [4.78, 5) is 0. The first-order valence-electron chi connectivity index (χ1n) is 6.33. The molecule has 0 bridgehead atoms. The van der Waals surface area contributed by atoms with Crippen molar-refractivity contribution in [2.45, 2.75) is 5.33 Å². The Kier molecular flexibility index (Phi) is 3.84. The molecular formula is C16H11BrF2N2. The van der Waals surface area contributed by atoms with Gasteiger partial charge in [-0.25, -0.2) is 13.5 Å². The molecule has 2 nitrogen and oxygen atoms in total. The van der Waals surface area contributed by atoms with Crippen LogP contribution in [0.4, 0.5) is 8.78 Å². The van der Waals surface area contributed by atoms with Gasteiger partial charge in [0.15, 0.2) is 11.6 Å². The highest BCUT2D eigenvalue weighted by atomic mass is 79.9. The molecule has 0 aliphatic heterocycles. The van der Waals surface area contributed by atoms with Crippen molar-refractivity contribution in [2.75, 3.05) is 0 Å². The Labute approximate surface area is 129 Å². The minimum absolute atomic E-state index is 0.165. The summed E-state index contributed by atoms with van der Waals surface area (Å²) in [7, 11) is 0. The van der Waals surface area contributed by atoms with Gasteiger partial charge in [0, 0.05) is 17.1 Å². The van der Waals surface area contributed by atoms with Crippen LogP contribution in [-0.4, -0.2) is 9.78 Å². The molecule has 0 amide bonds. The monoisotopic (exact) mass is 348 g/mol. The molecule has 0 atom stereocenters. The van der Waals surface area contributed by atoms with Gasteiger partial charge >= 0.3 is 0 Å². The summed E-state index contributed by atoms with van der Waals surface area (Å²) in [6.45, 7) is 0. The lowest BCUT2D eigenvalue weighted by Crippen LogP contribution is -2.03. The summed E-state index contributed by atoms with van der Waals surface area (Å²) >= 11 is 3.19. The largest absolute Gasteiger partial charge is 0.234 e. The second kappa shape index (κ2) is 5.77. The zero-order chi connectivity index (χ0) is 14.8. The van der Waals surface area contributed by atoms with E-state index in [-0.39, 0.29) is 5.69 Å². The smallest absolute Gasteiger partial charge is 0.152 e. The van der Waals surface area contributed by atoms with Crippen molar-refractivity contribution in [3.63, 3.8) is 0 Å². The van der Waals surface area contributed by atoms with Crippen molar-refractivity contribution < 1.29 is 8.78 Å². The lowest BCUT2D eigenvalue weighted by atomic mass is 10.1. The number of hydrogen-bond acceptors (Lipinski definition) is 1. The Morgan fingerprint density at radius 3 is 2.29 bits per heavy atom. The molecule has 1 heterocycles. The van der Waals surface area contributed by atoms with E-state index in [1.165, 1.54) is 16.8 Å². The molecule has 0 aliphatic rings. The molecule has 0 saturated carbocycles. The van der Waals surface area contributed by atoms with Crippen molar-refractivity contribution in [1.29, 1.82) is 0 Å². The SMILES string of the molecule is Fc1cc(CBr)cc(F)c1-n1cc(-c2ccccc2)cn1. The lowest BCUT2D eigenvalue weighted by molar-refractivity contribution is 0.558. The average Bonchev–Trinajstić information content (AvgIpc) is 2.97. The number of aromatic nitrogens is 2. The van der Waals surface area contributed by atoms with E-state index in [1.807, 2.05) is 30.3 Å². The van der Waals surface area contributed by atoms with E-state index in [0.29, 0.717) is 10.9 Å². The molecule has 0 unspecified atom stereocenters. The Balaban J connectivity index is 2.05. The summed E-state index contributed by atoms with van der Waals surface area (Å²) in [6, 6.07) is 12.2. The molecule has 0 radical (unpaired) electrons. The van der Waals surface area contributed by atoms with E-state index in [2.05, 4.69) is 21.0 Å². The Bertz CT molecular complexity index is 746. The molecule has 3 rings (SSSR count). The maximum Gasteiger partial charge on any atom is 0.152 e. The van der Waals surface area contributed by atoms with Crippen LogP contribution >= 0.6 is 15.9 Å². The van der Waals surface area contributed by atoms with Crippen LogP contribution in [-0.2, 0) is 5.33 Å². The highest BCUT2D eigenvalue weighted by molar-refractivity contribution is 9.08. The summed E-state index contributed by atoms with van der Waals surface area (Å²) in [6.07, 6.45) is 3.21. The van der Waals surface area contributed by atoms with Crippen LogP contribution in [0.1, 0.15) is 5.56 Å². The van der Waals surface area contributed by atoms with Crippen molar-refractivity contribution >= 4 is 15.9 Å². The molecule has 2 aromatic carbocycles. The molecule has 0 saturated heterocycles. The normalized spacial score (nSPS) is 10.8. The van der Waals surface area contributed by atoms with Crippen LogP contribution in [0.25, 0.3) is 16.8 Å². The van der Waals surface area contributed by atoms with Crippen molar-refractivity contribution in [1.82, 2.24) is 9.78 Å². The van der Waals surface area contributed by atoms with E-state index in [4.69, 9.17) is 0 Å². The Morgan fingerprint density at radius 1 is 1.00 bits per heavy atom. The number of rotatable bonds is 3. The van der Waals surface area contributed by atoms with E-state index in [9.17, 15) is 8.78 Å². The van der Waals surface area contributed by atoms with Crippen LogP contribution in [0.2, 0.25) is 0 Å². The van der Waals surface area contributed by atoms with Gasteiger partial charge in [-0.15, -0.1) is 0 Å². The predicted octanol–water partition coefficient (Wildman–Crippen LogP) is 4.71. The second-order valence-electron chi connectivity index (χ2n) is 4.58. The molecule has 0 fully saturated rings. The number of nitrogens with zero attached hydrogens (tertiary/aromatic N) is 2. The zero-order valence-corrected chi connectivity index (χ0v) is 12.5. The minimum atomic E-state index is -0.632. The lowest BCUT2D eigenvalue weighted by Gasteiger charge is -2.06. The fourth-order valence-electron chi connectivity index (χ4n) is 2.14. The molecule has 5 heteroatoms. The van der Waals surface area contributed by atoms with Gasteiger partial charge in [0.1, 0.15) is 5.69 Å². The van der Waals surface area contributed by atoms with Gasteiger partial charge in [-0.05, 0) is 23.3 Å². The Hall–Kier alpha value is -2.01. The van der Waals surface area contributed by atoms with Crippen molar-refractivity contribution in [3.8, 4) is 16.8 Å². The summed E-state index contributed by atoms with van der Waals surface area (Å²) in [5, 5.41) is 4.46. The first kappa shape index (κ1) is 13.9. The molecule has 0 aliphatic carbocycles. The van der Waals surface area contributed by atoms with Crippen LogP contribution in [0.15, 0.2) is 54.9 Å². The fraction of sp³-hybridized carbons (Fsp3) is 0.0625. The minimum Gasteiger partial charge on any atom is -0.234 e. The number of halogens is 3. The fourth-order valence-corrected chi connectivity index (χ4v) is 2.46.